The molecule has 0 saturated carbocycles. The van der Waals surface area contributed by atoms with Crippen LogP contribution in [0.15, 0.2) is 36.8 Å². The first-order chi connectivity index (χ1) is 14.6. The predicted molar refractivity (Wildman–Crippen MR) is 125 cm³/mol. The van der Waals surface area contributed by atoms with Crippen molar-refractivity contribution < 1.29 is 10.2 Å². The van der Waals surface area contributed by atoms with Crippen molar-refractivity contribution in [2.24, 2.45) is 0 Å². The fourth-order valence-electron chi connectivity index (χ4n) is 4.29. The minimum Gasteiger partial charge on any atom is -0.508 e. The van der Waals surface area contributed by atoms with E-state index < -0.39 is 0 Å². The number of nitrogens with two attached hydrogens (primary N) is 1. The first-order valence-electron chi connectivity index (χ1n) is 10.5. The maximum absolute atomic E-state index is 9.93. The van der Waals surface area contributed by atoms with Gasteiger partial charge in [0.05, 0.1) is 12.0 Å². The summed E-state index contributed by atoms with van der Waals surface area (Å²) < 4.78 is 2.24. The topological polar surface area (TPSA) is 104 Å². The smallest absolute Gasteiger partial charge is 0.146 e. The van der Waals surface area contributed by atoms with E-state index >= 15 is 0 Å². The maximum Gasteiger partial charge on any atom is 0.146 e. The maximum atomic E-state index is 9.93. The highest BCUT2D eigenvalue weighted by Gasteiger charge is 2.24. The molecule has 3 heterocycles. The van der Waals surface area contributed by atoms with Crippen LogP contribution in [0, 0.1) is 0 Å². The largest absolute Gasteiger partial charge is 0.508 e. The zero-order valence-corrected chi connectivity index (χ0v) is 17.4. The van der Waals surface area contributed by atoms with Gasteiger partial charge in [0, 0.05) is 50.5 Å². The van der Waals surface area contributed by atoms with Gasteiger partial charge in [-0.25, -0.2) is 9.97 Å². The molecule has 0 radical (unpaired) electrons. The van der Waals surface area contributed by atoms with E-state index in [9.17, 15) is 5.11 Å². The SMILES string of the molecule is C.CN(CCO)CCN1CCC(n2cc(-c3cccc(O)c3)c3c(N)ncnc32)CC1. The lowest BCUT2D eigenvalue weighted by Crippen LogP contribution is -2.39. The first-order valence-corrected chi connectivity index (χ1v) is 10.5. The monoisotopic (exact) mass is 426 g/mol. The molecule has 1 aromatic carbocycles. The number of aliphatic hydroxyl groups is 1. The summed E-state index contributed by atoms with van der Waals surface area (Å²) in [5.41, 5.74) is 8.94. The molecule has 4 rings (SSSR count). The Morgan fingerprint density at radius 2 is 1.97 bits per heavy atom. The van der Waals surface area contributed by atoms with E-state index in [2.05, 4.69) is 30.5 Å². The van der Waals surface area contributed by atoms with Crippen LogP contribution in [0.5, 0.6) is 5.75 Å². The molecule has 2 aromatic heterocycles. The minimum absolute atomic E-state index is 0. The number of hydrogen-bond donors (Lipinski definition) is 3. The van der Waals surface area contributed by atoms with Gasteiger partial charge in [0.1, 0.15) is 23.5 Å². The first kappa shape index (κ1) is 23.0. The highest BCUT2D eigenvalue weighted by molar-refractivity contribution is 6.00. The Labute approximate surface area is 183 Å². The van der Waals surface area contributed by atoms with Crippen molar-refractivity contribution in [1.82, 2.24) is 24.3 Å². The number of aliphatic hydroxyl groups excluding tert-OH is 1. The number of benzene rings is 1. The number of rotatable bonds is 7. The van der Waals surface area contributed by atoms with Crippen LogP contribution < -0.4 is 5.73 Å². The Morgan fingerprint density at radius 1 is 1.19 bits per heavy atom. The molecule has 4 N–H and O–H groups in total. The number of phenolic OH excluding ortho intramolecular Hbond substituents is 1. The Balaban J connectivity index is 0.00000272. The molecule has 0 atom stereocenters. The van der Waals surface area contributed by atoms with Gasteiger partial charge in [0.15, 0.2) is 0 Å². The molecule has 1 fully saturated rings. The molecule has 0 aliphatic carbocycles. The van der Waals surface area contributed by atoms with Crippen LogP contribution in [0.4, 0.5) is 5.82 Å². The summed E-state index contributed by atoms with van der Waals surface area (Å²) in [6, 6.07) is 7.56. The van der Waals surface area contributed by atoms with Crippen molar-refractivity contribution in [3.63, 3.8) is 0 Å². The number of aromatic nitrogens is 3. The Kier molecular flexibility index (Phi) is 7.48. The third-order valence-corrected chi connectivity index (χ3v) is 6.03. The summed E-state index contributed by atoms with van der Waals surface area (Å²) in [5, 5.41) is 19.8. The summed E-state index contributed by atoms with van der Waals surface area (Å²) in [6.45, 7) is 4.94. The molecule has 168 valence electrons. The molecule has 31 heavy (non-hydrogen) atoms. The number of fused-ring (bicyclic) bond motifs is 1. The Hall–Kier alpha value is -2.68. The number of phenols is 1. The van der Waals surface area contributed by atoms with Gasteiger partial charge in [-0.15, -0.1) is 0 Å². The lowest BCUT2D eigenvalue weighted by Gasteiger charge is -2.33. The molecular formula is C23H34N6O2. The van der Waals surface area contributed by atoms with Gasteiger partial charge in [-0.1, -0.05) is 19.6 Å². The number of anilines is 1. The van der Waals surface area contributed by atoms with Crippen LogP contribution in [0.1, 0.15) is 26.3 Å². The van der Waals surface area contributed by atoms with Crippen molar-refractivity contribution in [2.75, 3.05) is 52.1 Å². The fourth-order valence-corrected chi connectivity index (χ4v) is 4.29. The molecule has 1 saturated heterocycles. The van der Waals surface area contributed by atoms with Gasteiger partial charge in [-0.2, -0.15) is 0 Å². The second kappa shape index (κ2) is 10.1. The molecule has 0 unspecified atom stereocenters. The molecule has 1 aliphatic heterocycles. The average molecular weight is 427 g/mol. The van der Waals surface area contributed by atoms with Crippen LogP contribution in [-0.2, 0) is 0 Å². The number of piperidine rings is 1. The summed E-state index contributed by atoms with van der Waals surface area (Å²) in [7, 11) is 2.04. The van der Waals surface area contributed by atoms with E-state index in [0.717, 1.165) is 61.2 Å². The number of hydrogen-bond acceptors (Lipinski definition) is 7. The quantitative estimate of drug-likeness (QED) is 0.533. The molecule has 8 heteroatoms. The number of likely N-dealkylation sites (tertiary alicyclic amines) is 1. The van der Waals surface area contributed by atoms with Crippen LogP contribution >= 0.6 is 0 Å². The second-order valence-corrected chi connectivity index (χ2v) is 8.06. The summed E-state index contributed by atoms with van der Waals surface area (Å²) in [4.78, 5) is 13.4. The summed E-state index contributed by atoms with van der Waals surface area (Å²) in [5.74, 6) is 0.685. The second-order valence-electron chi connectivity index (χ2n) is 8.06. The standard InChI is InChI=1S/C22H30N6O2.CH4/c1-26(11-12-29)9-10-27-7-5-17(6-8-27)28-14-19(16-3-2-4-18(30)13-16)20-21(23)24-15-25-22(20)28;/h2-4,13-15,17,29-30H,5-12H2,1H3,(H2,23,24,25);1H4. The number of nitrogen functional groups attached to an aromatic ring is 1. The molecule has 0 spiro atoms. The van der Waals surface area contributed by atoms with Gasteiger partial charge in [0.2, 0.25) is 0 Å². The van der Waals surface area contributed by atoms with E-state index in [1.165, 1.54) is 6.33 Å². The summed E-state index contributed by atoms with van der Waals surface area (Å²) >= 11 is 0. The highest BCUT2D eigenvalue weighted by atomic mass is 16.3. The van der Waals surface area contributed by atoms with Gasteiger partial charge in [-0.3, -0.25) is 0 Å². The number of nitrogens with zero attached hydrogens (tertiary/aromatic N) is 5. The van der Waals surface area contributed by atoms with Crippen molar-refractivity contribution in [3.05, 3.63) is 36.8 Å². The van der Waals surface area contributed by atoms with Crippen molar-refractivity contribution >= 4 is 16.9 Å². The van der Waals surface area contributed by atoms with Crippen LogP contribution in [0.25, 0.3) is 22.2 Å². The molecule has 1 aliphatic rings. The van der Waals surface area contributed by atoms with Crippen LogP contribution in [-0.4, -0.2) is 80.9 Å². The average Bonchev–Trinajstić information content (AvgIpc) is 3.14. The van der Waals surface area contributed by atoms with Crippen molar-refractivity contribution in [1.29, 1.82) is 0 Å². The fraction of sp³-hybridized carbons (Fsp3) is 0.478. The molecular weight excluding hydrogens is 392 g/mol. The Bertz CT molecular complexity index is 997. The zero-order chi connectivity index (χ0) is 21.1. The van der Waals surface area contributed by atoms with Gasteiger partial charge < -0.3 is 30.3 Å². The lowest BCUT2D eigenvalue weighted by molar-refractivity contribution is 0.156. The Morgan fingerprint density at radius 3 is 2.68 bits per heavy atom. The lowest BCUT2D eigenvalue weighted by atomic mass is 10.0. The number of aromatic hydroxyl groups is 1. The highest BCUT2D eigenvalue weighted by Crippen LogP contribution is 2.37. The van der Waals surface area contributed by atoms with Crippen LogP contribution in [0.3, 0.4) is 0 Å². The molecule has 8 nitrogen and oxygen atoms in total. The third-order valence-electron chi connectivity index (χ3n) is 6.03. The zero-order valence-electron chi connectivity index (χ0n) is 17.4. The van der Waals surface area contributed by atoms with E-state index in [-0.39, 0.29) is 19.8 Å². The van der Waals surface area contributed by atoms with E-state index in [4.69, 9.17) is 10.8 Å². The molecule has 3 aromatic rings. The van der Waals surface area contributed by atoms with E-state index in [1.807, 2.05) is 19.2 Å². The molecule has 0 amide bonds. The van der Waals surface area contributed by atoms with Crippen LogP contribution in [0.2, 0.25) is 0 Å². The van der Waals surface area contributed by atoms with E-state index in [0.29, 0.717) is 18.4 Å². The van der Waals surface area contributed by atoms with Crippen molar-refractivity contribution in [3.8, 4) is 16.9 Å². The minimum atomic E-state index is 0. The van der Waals surface area contributed by atoms with Gasteiger partial charge in [-0.05, 0) is 37.6 Å². The normalized spacial score (nSPS) is 15.5. The third kappa shape index (κ3) is 4.98. The van der Waals surface area contributed by atoms with Gasteiger partial charge in [0.25, 0.3) is 0 Å². The predicted octanol–water partition coefficient (Wildman–Crippen LogP) is 2.58. The van der Waals surface area contributed by atoms with Crippen molar-refractivity contribution in [2.45, 2.75) is 26.3 Å². The number of likely N-dealkylation sites (N-methyl/N-ethyl adjacent to an activating group) is 1. The van der Waals surface area contributed by atoms with Gasteiger partial charge >= 0.3 is 0 Å². The summed E-state index contributed by atoms with van der Waals surface area (Å²) in [6.07, 6.45) is 5.71. The van der Waals surface area contributed by atoms with E-state index in [1.54, 1.807) is 12.1 Å². The molecule has 0 bridgehead atoms.